The van der Waals surface area contributed by atoms with E-state index in [1.54, 1.807) is 12.3 Å². The summed E-state index contributed by atoms with van der Waals surface area (Å²) in [5.41, 5.74) is 0.688. The first-order valence-electron chi connectivity index (χ1n) is 7.35. The average molecular weight is 277 g/mol. The third kappa shape index (κ3) is 3.70. The Hall–Kier alpha value is -1.62. The Morgan fingerprint density at radius 1 is 1.55 bits per heavy atom. The van der Waals surface area contributed by atoms with Crippen molar-refractivity contribution in [3.8, 4) is 0 Å². The second kappa shape index (κ2) is 7.24. The zero-order valence-electron chi connectivity index (χ0n) is 12.3. The fourth-order valence-corrected chi connectivity index (χ4v) is 2.52. The van der Waals surface area contributed by atoms with Crippen LogP contribution >= 0.6 is 0 Å². The van der Waals surface area contributed by atoms with Crippen molar-refractivity contribution in [2.75, 3.05) is 31.6 Å². The maximum Gasteiger partial charge on any atom is 0.254 e. The quantitative estimate of drug-likeness (QED) is 0.896. The second-order valence-corrected chi connectivity index (χ2v) is 4.93. The van der Waals surface area contributed by atoms with Crippen molar-refractivity contribution in [3.63, 3.8) is 0 Å². The van der Waals surface area contributed by atoms with Gasteiger partial charge in [-0.25, -0.2) is 4.98 Å². The first-order chi connectivity index (χ1) is 9.74. The van der Waals surface area contributed by atoms with Crippen LogP contribution in [0.3, 0.4) is 0 Å². The number of nitrogens with zero attached hydrogens (tertiary/aromatic N) is 2. The van der Waals surface area contributed by atoms with Gasteiger partial charge in [0.1, 0.15) is 5.82 Å². The first kappa shape index (κ1) is 14.8. The molecule has 1 saturated heterocycles. The Morgan fingerprint density at radius 3 is 3.15 bits per heavy atom. The number of piperidine rings is 1. The van der Waals surface area contributed by atoms with Gasteiger partial charge < -0.3 is 15.0 Å². The summed E-state index contributed by atoms with van der Waals surface area (Å²) in [6, 6.07) is 3.59. The Kier molecular flexibility index (Phi) is 5.35. The van der Waals surface area contributed by atoms with Crippen LogP contribution < -0.4 is 5.32 Å². The maximum absolute atomic E-state index is 12.5. The van der Waals surface area contributed by atoms with Gasteiger partial charge in [-0.05, 0) is 38.8 Å². The maximum atomic E-state index is 12.5. The summed E-state index contributed by atoms with van der Waals surface area (Å²) >= 11 is 0. The van der Waals surface area contributed by atoms with Crippen LogP contribution in [-0.2, 0) is 4.74 Å². The van der Waals surface area contributed by atoms with Crippen molar-refractivity contribution >= 4 is 11.7 Å². The van der Waals surface area contributed by atoms with Crippen LogP contribution in [0.5, 0.6) is 0 Å². The lowest BCUT2D eigenvalue weighted by atomic mass is 10.1. The molecule has 1 aliphatic rings. The van der Waals surface area contributed by atoms with Crippen molar-refractivity contribution in [1.29, 1.82) is 0 Å². The molecule has 2 heterocycles. The molecule has 110 valence electrons. The summed E-state index contributed by atoms with van der Waals surface area (Å²) in [5.74, 6) is 0.813. The number of likely N-dealkylation sites (tertiary alicyclic amines) is 1. The third-order valence-corrected chi connectivity index (χ3v) is 3.43. The zero-order valence-corrected chi connectivity index (χ0v) is 12.3. The molecule has 1 atom stereocenters. The number of hydrogen-bond acceptors (Lipinski definition) is 4. The molecular weight excluding hydrogens is 254 g/mol. The molecule has 1 aromatic heterocycles. The van der Waals surface area contributed by atoms with E-state index in [0.29, 0.717) is 18.7 Å². The molecule has 1 N–H and O–H groups in total. The lowest BCUT2D eigenvalue weighted by Crippen LogP contribution is -2.43. The fourth-order valence-electron chi connectivity index (χ4n) is 2.52. The summed E-state index contributed by atoms with van der Waals surface area (Å²) in [6.45, 7) is 6.99. The van der Waals surface area contributed by atoms with E-state index < -0.39 is 0 Å². The number of aromatic nitrogens is 1. The molecule has 0 saturated carbocycles. The van der Waals surface area contributed by atoms with Crippen molar-refractivity contribution in [3.05, 3.63) is 23.9 Å². The Balaban J connectivity index is 2.04. The van der Waals surface area contributed by atoms with Crippen molar-refractivity contribution in [2.45, 2.75) is 32.8 Å². The molecule has 5 nitrogen and oxygen atoms in total. The third-order valence-electron chi connectivity index (χ3n) is 3.43. The van der Waals surface area contributed by atoms with Gasteiger partial charge >= 0.3 is 0 Å². The molecule has 1 amide bonds. The molecule has 1 unspecified atom stereocenters. The molecular formula is C15H23N3O2. The highest BCUT2D eigenvalue weighted by molar-refractivity contribution is 5.94. The highest BCUT2D eigenvalue weighted by Gasteiger charge is 2.24. The van der Waals surface area contributed by atoms with Crippen molar-refractivity contribution in [1.82, 2.24) is 9.88 Å². The van der Waals surface area contributed by atoms with Crippen LogP contribution in [0, 0.1) is 0 Å². The van der Waals surface area contributed by atoms with Gasteiger partial charge in [0, 0.05) is 38.0 Å². The van der Waals surface area contributed by atoms with E-state index in [-0.39, 0.29) is 12.0 Å². The van der Waals surface area contributed by atoms with Gasteiger partial charge in [0.15, 0.2) is 0 Å². The molecule has 5 heteroatoms. The number of pyridine rings is 1. The normalized spacial score (nSPS) is 18.9. The Morgan fingerprint density at radius 2 is 2.40 bits per heavy atom. The number of carbonyl (C=O) groups is 1. The summed E-state index contributed by atoms with van der Waals surface area (Å²) in [4.78, 5) is 18.6. The standard InChI is InChI=1S/C15H23N3O2/c1-3-16-14-10-12(7-8-17-14)15(19)18-9-5-6-13(11-18)20-4-2/h7-8,10,13H,3-6,9,11H2,1-2H3,(H,16,17). The summed E-state index contributed by atoms with van der Waals surface area (Å²) < 4.78 is 5.64. The van der Waals surface area contributed by atoms with Gasteiger partial charge in [-0.2, -0.15) is 0 Å². The molecule has 0 aliphatic carbocycles. The number of rotatable bonds is 5. The van der Waals surface area contributed by atoms with E-state index in [2.05, 4.69) is 10.3 Å². The fraction of sp³-hybridized carbons (Fsp3) is 0.600. The molecule has 0 spiro atoms. The van der Waals surface area contributed by atoms with Crippen molar-refractivity contribution < 1.29 is 9.53 Å². The average Bonchev–Trinajstić information content (AvgIpc) is 2.48. The van der Waals surface area contributed by atoms with Gasteiger partial charge in [0.25, 0.3) is 5.91 Å². The van der Waals surface area contributed by atoms with E-state index in [4.69, 9.17) is 4.74 Å². The topological polar surface area (TPSA) is 54.5 Å². The van der Waals surface area contributed by atoms with E-state index in [0.717, 1.165) is 31.7 Å². The van der Waals surface area contributed by atoms with Crippen LogP contribution in [0.15, 0.2) is 18.3 Å². The molecule has 1 aromatic rings. The largest absolute Gasteiger partial charge is 0.377 e. The Bertz CT molecular complexity index is 448. The van der Waals surface area contributed by atoms with E-state index in [1.807, 2.05) is 24.8 Å². The summed E-state index contributed by atoms with van der Waals surface area (Å²) in [5, 5.41) is 3.13. The monoisotopic (exact) mass is 277 g/mol. The number of nitrogens with one attached hydrogen (secondary N) is 1. The van der Waals surface area contributed by atoms with Crippen molar-refractivity contribution in [2.24, 2.45) is 0 Å². The highest BCUT2D eigenvalue weighted by Crippen LogP contribution is 2.17. The molecule has 2 rings (SSSR count). The van der Waals surface area contributed by atoms with Gasteiger partial charge in [0.05, 0.1) is 6.10 Å². The minimum absolute atomic E-state index is 0.0657. The highest BCUT2D eigenvalue weighted by atomic mass is 16.5. The molecule has 0 aromatic carbocycles. The number of carbonyl (C=O) groups excluding carboxylic acids is 1. The van der Waals surface area contributed by atoms with Gasteiger partial charge in [0.2, 0.25) is 0 Å². The lowest BCUT2D eigenvalue weighted by Gasteiger charge is -2.32. The predicted molar refractivity (Wildman–Crippen MR) is 79.0 cm³/mol. The van der Waals surface area contributed by atoms with Gasteiger partial charge in [-0.1, -0.05) is 0 Å². The minimum atomic E-state index is 0.0657. The number of hydrogen-bond donors (Lipinski definition) is 1. The van der Waals surface area contributed by atoms with Crippen LogP contribution in [0.1, 0.15) is 37.0 Å². The van der Waals surface area contributed by atoms with E-state index in [9.17, 15) is 4.79 Å². The lowest BCUT2D eigenvalue weighted by molar-refractivity contribution is 0.00724. The summed E-state index contributed by atoms with van der Waals surface area (Å²) in [6.07, 6.45) is 3.89. The smallest absolute Gasteiger partial charge is 0.254 e. The second-order valence-electron chi connectivity index (χ2n) is 4.93. The number of ether oxygens (including phenoxy) is 1. The van der Waals surface area contributed by atoms with Crippen LogP contribution in [0.25, 0.3) is 0 Å². The molecule has 20 heavy (non-hydrogen) atoms. The zero-order chi connectivity index (χ0) is 14.4. The number of anilines is 1. The van der Waals surface area contributed by atoms with E-state index >= 15 is 0 Å². The van der Waals surface area contributed by atoms with Gasteiger partial charge in [-0.3, -0.25) is 4.79 Å². The number of amides is 1. The first-order valence-corrected chi connectivity index (χ1v) is 7.35. The van der Waals surface area contributed by atoms with E-state index in [1.165, 1.54) is 0 Å². The molecule has 0 bridgehead atoms. The van der Waals surface area contributed by atoms with Crippen LogP contribution in [-0.4, -0.2) is 48.1 Å². The molecule has 1 aliphatic heterocycles. The SMILES string of the molecule is CCNc1cc(C(=O)N2CCCC(OCC)C2)ccn1. The predicted octanol–water partition coefficient (Wildman–Crippen LogP) is 2.15. The minimum Gasteiger partial charge on any atom is -0.377 e. The van der Waals surface area contributed by atoms with Gasteiger partial charge in [-0.15, -0.1) is 0 Å². The summed E-state index contributed by atoms with van der Waals surface area (Å²) in [7, 11) is 0. The Labute approximate surface area is 120 Å². The molecule has 1 fully saturated rings. The molecule has 0 radical (unpaired) electrons. The van der Waals surface area contributed by atoms with Crippen LogP contribution in [0.4, 0.5) is 5.82 Å². The van der Waals surface area contributed by atoms with Crippen LogP contribution in [0.2, 0.25) is 0 Å².